The van der Waals surface area contributed by atoms with Gasteiger partial charge in [0, 0.05) is 54.2 Å². The number of nitrogens with one attached hydrogen (secondary N) is 1. The third-order valence-electron chi connectivity index (χ3n) is 7.95. The van der Waals surface area contributed by atoms with E-state index in [1.165, 1.54) is 6.07 Å². The molecule has 1 aromatic carbocycles. The Hall–Kier alpha value is -2.78. The number of hydrogen-bond acceptors (Lipinski definition) is 10. The van der Waals surface area contributed by atoms with E-state index in [0.717, 1.165) is 48.3 Å². The zero-order valence-corrected chi connectivity index (χ0v) is 23.9. The highest BCUT2D eigenvalue weighted by molar-refractivity contribution is 7.91. The highest BCUT2D eigenvalue weighted by Crippen LogP contribution is 2.42. The minimum Gasteiger partial charge on any atom is -0.395 e. The minimum absolute atomic E-state index is 0.00444. The molecule has 2 aromatic heterocycles. The molecule has 3 aliphatic rings. The van der Waals surface area contributed by atoms with Gasteiger partial charge in [0.2, 0.25) is 5.95 Å². The first-order valence-electron chi connectivity index (χ1n) is 13.5. The van der Waals surface area contributed by atoms with Gasteiger partial charge in [-0.25, -0.2) is 18.4 Å². The summed E-state index contributed by atoms with van der Waals surface area (Å²) >= 11 is 0.937. The van der Waals surface area contributed by atoms with Crippen LogP contribution in [0, 0.1) is 0 Å². The molecule has 0 unspecified atom stereocenters. The van der Waals surface area contributed by atoms with Gasteiger partial charge in [0.1, 0.15) is 5.56 Å². The van der Waals surface area contributed by atoms with Gasteiger partial charge in [0.15, 0.2) is 9.84 Å². The number of benzene rings is 1. The fraction of sp³-hybridized carbons (Fsp3) is 0.481. The molecule has 14 heteroatoms. The fourth-order valence-electron chi connectivity index (χ4n) is 5.93. The number of fused-ring (bicyclic) bond motifs is 3. The van der Waals surface area contributed by atoms with Crippen LogP contribution in [0.2, 0.25) is 0 Å². The van der Waals surface area contributed by atoms with Crippen LogP contribution in [0.25, 0.3) is 10.6 Å². The molecule has 3 aromatic rings. The zero-order chi connectivity index (χ0) is 28.9. The molecule has 0 spiro atoms. The van der Waals surface area contributed by atoms with Crippen molar-refractivity contribution in [3.8, 4) is 10.6 Å². The van der Waals surface area contributed by atoms with E-state index < -0.39 is 21.6 Å². The largest absolute Gasteiger partial charge is 0.420 e. The number of aliphatic hydroxyl groups is 1. The number of rotatable bonds is 7. The Kier molecular flexibility index (Phi) is 7.47. The number of alkyl halides is 3. The van der Waals surface area contributed by atoms with Crippen molar-refractivity contribution in [2.75, 3.05) is 48.8 Å². The first-order valence-corrected chi connectivity index (χ1v) is 15.9. The van der Waals surface area contributed by atoms with Crippen LogP contribution in [0.15, 0.2) is 35.4 Å². The van der Waals surface area contributed by atoms with Crippen LogP contribution in [0.1, 0.15) is 29.3 Å². The average molecular weight is 610 g/mol. The number of anilines is 3. The van der Waals surface area contributed by atoms with Crippen LogP contribution in [0.5, 0.6) is 0 Å². The number of β-amino-alcohol motifs (C(OH)–C–C–N with tert-alkyl or cyclic N) is 1. The van der Waals surface area contributed by atoms with E-state index in [4.69, 9.17) is 4.74 Å². The average Bonchev–Trinajstić information content (AvgIpc) is 3.64. The molecule has 0 radical (unpaired) electrons. The number of hydrogen-bond donors (Lipinski definition) is 2. The summed E-state index contributed by atoms with van der Waals surface area (Å²) in [4.78, 5) is 13.4. The number of thiophene rings is 1. The number of ether oxygens (including phenoxy) is 1. The number of aliphatic hydroxyl groups excluding tert-OH is 1. The molecule has 3 aliphatic heterocycles. The van der Waals surface area contributed by atoms with Gasteiger partial charge >= 0.3 is 6.18 Å². The first kappa shape index (κ1) is 28.3. The third kappa shape index (κ3) is 5.43. The fourth-order valence-corrected chi connectivity index (χ4v) is 8.77. The predicted octanol–water partition coefficient (Wildman–Crippen LogP) is 4.09. The summed E-state index contributed by atoms with van der Waals surface area (Å²) in [7, 11) is -3.67. The first-order chi connectivity index (χ1) is 19.6. The number of piperazine rings is 1. The molecule has 2 bridgehead atoms. The molecule has 41 heavy (non-hydrogen) atoms. The molecule has 6 rings (SSSR count). The molecule has 0 aliphatic carbocycles. The summed E-state index contributed by atoms with van der Waals surface area (Å²) in [6.07, 6.45) is -2.26. The molecule has 2 N–H and O–H groups in total. The van der Waals surface area contributed by atoms with Gasteiger partial charge in [0.25, 0.3) is 0 Å². The summed E-state index contributed by atoms with van der Waals surface area (Å²) < 4.78 is 72.6. The Labute approximate surface area is 239 Å². The normalized spacial score (nSPS) is 22.1. The summed E-state index contributed by atoms with van der Waals surface area (Å²) in [5.41, 5.74) is 1.32. The Bertz CT molecular complexity index is 1560. The number of nitrogens with zero attached hydrogens (tertiary/aromatic N) is 4. The topological polar surface area (TPSA) is 108 Å². The van der Waals surface area contributed by atoms with Crippen molar-refractivity contribution in [1.29, 1.82) is 0 Å². The lowest BCUT2D eigenvalue weighted by Gasteiger charge is -2.35. The monoisotopic (exact) mass is 609 g/mol. The molecule has 9 nitrogen and oxygen atoms in total. The quantitative estimate of drug-likeness (QED) is 0.410. The van der Waals surface area contributed by atoms with Gasteiger partial charge in [-0.3, -0.25) is 4.90 Å². The van der Waals surface area contributed by atoms with Crippen molar-refractivity contribution in [3.05, 3.63) is 46.5 Å². The van der Waals surface area contributed by atoms with Gasteiger partial charge in [-0.2, -0.15) is 13.2 Å². The molecular formula is C27H30F3N5O4S2. The van der Waals surface area contributed by atoms with Crippen molar-refractivity contribution in [2.45, 2.75) is 49.5 Å². The van der Waals surface area contributed by atoms with Gasteiger partial charge in [-0.05, 0) is 42.7 Å². The van der Waals surface area contributed by atoms with Gasteiger partial charge in [-0.15, -0.1) is 11.3 Å². The lowest BCUT2D eigenvalue weighted by molar-refractivity contribution is -0.137. The van der Waals surface area contributed by atoms with Crippen molar-refractivity contribution in [1.82, 2.24) is 14.9 Å². The lowest BCUT2D eigenvalue weighted by Crippen LogP contribution is -2.47. The second kappa shape index (κ2) is 10.8. The van der Waals surface area contributed by atoms with E-state index in [9.17, 15) is 26.7 Å². The van der Waals surface area contributed by atoms with Crippen molar-refractivity contribution < 1.29 is 31.4 Å². The molecule has 0 saturated carbocycles. The Morgan fingerprint density at radius 3 is 2.76 bits per heavy atom. The number of likely N-dealkylation sites (tertiary alicyclic amines) is 1. The van der Waals surface area contributed by atoms with E-state index in [1.807, 2.05) is 19.1 Å². The highest BCUT2D eigenvalue weighted by Gasteiger charge is 2.43. The molecule has 2 fully saturated rings. The zero-order valence-electron chi connectivity index (χ0n) is 22.3. The summed E-state index contributed by atoms with van der Waals surface area (Å²) in [5, 5.41) is 12.4. The third-order valence-corrected chi connectivity index (χ3v) is 10.9. The molecule has 2 saturated heterocycles. The summed E-state index contributed by atoms with van der Waals surface area (Å²) in [6.45, 7) is 4.69. The van der Waals surface area contributed by atoms with Crippen LogP contribution in [-0.2, 0) is 33.8 Å². The maximum Gasteiger partial charge on any atom is 0.420 e. The van der Waals surface area contributed by atoms with Crippen LogP contribution >= 0.6 is 11.3 Å². The minimum atomic E-state index is -4.73. The number of halogens is 3. The van der Waals surface area contributed by atoms with Gasteiger partial charge in [0.05, 0.1) is 41.0 Å². The summed E-state index contributed by atoms with van der Waals surface area (Å²) in [6, 6.07) is 8.04. The Morgan fingerprint density at radius 2 is 2.05 bits per heavy atom. The molecule has 2 atom stereocenters. The lowest BCUT2D eigenvalue weighted by atomic mass is 10.1. The predicted molar refractivity (Wildman–Crippen MR) is 149 cm³/mol. The molecule has 0 amide bonds. The van der Waals surface area contributed by atoms with Crippen LogP contribution in [-0.4, -0.2) is 79.1 Å². The molecule has 220 valence electrons. The number of aromatic nitrogens is 2. The van der Waals surface area contributed by atoms with E-state index in [1.54, 1.807) is 0 Å². The standard InChI is InChI=1S/C27H30F3N5O4S2/c1-2-16-9-17(35-14-18-10-19(35)13-34(18)5-6-36)3-4-21(16)32-26-31-12-20(27(28,29)30)25(33-26)22-11-24-23(40-22)15-39-7-8-41(24,37)38/h3-4,9,11-12,18-19,36H,2,5-8,10,13-15H2,1H3,(H,31,32,33)/t18-,19-/m0/s1. The second-order valence-electron chi connectivity index (χ2n) is 10.5. The Balaban J connectivity index is 1.30. The van der Waals surface area contributed by atoms with Crippen LogP contribution in [0.3, 0.4) is 0 Å². The highest BCUT2D eigenvalue weighted by atomic mass is 32.2. The second-order valence-corrected chi connectivity index (χ2v) is 13.7. The van der Waals surface area contributed by atoms with Gasteiger partial charge < -0.3 is 20.1 Å². The summed E-state index contributed by atoms with van der Waals surface area (Å²) in [5.74, 6) is -0.243. The van der Waals surface area contributed by atoms with Gasteiger partial charge in [-0.1, -0.05) is 6.92 Å². The van der Waals surface area contributed by atoms with Crippen molar-refractivity contribution >= 4 is 38.5 Å². The van der Waals surface area contributed by atoms with E-state index >= 15 is 0 Å². The maximum absolute atomic E-state index is 14.0. The van der Waals surface area contributed by atoms with E-state index in [2.05, 4.69) is 31.2 Å². The number of aryl methyl sites for hydroxylation is 1. The smallest absolute Gasteiger partial charge is 0.395 e. The van der Waals surface area contributed by atoms with E-state index in [0.29, 0.717) is 35.6 Å². The van der Waals surface area contributed by atoms with Crippen molar-refractivity contribution in [3.63, 3.8) is 0 Å². The Morgan fingerprint density at radius 1 is 1.22 bits per heavy atom. The van der Waals surface area contributed by atoms with Crippen molar-refractivity contribution in [2.24, 2.45) is 0 Å². The SMILES string of the molecule is CCc1cc(N2C[C@@H]3C[C@H]2CN3CCO)ccc1Nc1ncc(C(F)(F)F)c(-c2cc3c(s2)COCCS3(=O)=O)n1. The molecular weight excluding hydrogens is 579 g/mol. The van der Waals surface area contributed by atoms with Crippen LogP contribution in [0.4, 0.5) is 30.5 Å². The van der Waals surface area contributed by atoms with Crippen LogP contribution < -0.4 is 10.2 Å². The maximum atomic E-state index is 14.0. The number of sulfone groups is 1. The van der Waals surface area contributed by atoms with E-state index in [-0.39, 0.29) is 47.0 Å². The molecule has 5 heterocycles.